The second kappa shape index (κ2) is 33.5. The van der Waals surface area contributed by atoms with Crippen molar-refractivity contribution in [3.63, 3.8) is 0 Å². The van der Waals surface area contributed by atoms with Crippen molar-refractivity contribution < 1.29 is 66.8 Å². The van der Waals surface area contributed by atoms with Gasteiger partial charge in [-0.3, -0.25) is 29.0 Å². The van der Waals surface area contributed by atoms with Crippen LogP contribution in [-0.4, -0.2) is 146 Å². The van der Waals surface area contributed by atoms with E-state index in [1.54, 1.807) is 79.0 Å². The maximum Gasteiger partial charge on any atom is 0.413 e. The lowest BCUT2D eigenvalue weighted by Crippen LogP contribution is -2.55. The highest BCUT2D eigenvalue weighted by atomic mass is 16.7. The van der Waals surface area contributed by atoms with Gasteiger partial charge in [0.1, 0.15) is 12.1 Å². The van der Waals surface area contributed by atoms with E-state index in [9.17, 15) is 28.8 Å². The Morgan fingerprint density at radius 2 is 0.822 bits per heavy atom. The van der Waals surface area contributed by atoms with Crippen molar-refractivity contribution in [3.05, 3.63) is 156 Å². The number of hydrogen-bond donors (Lipinski definition) is 3. The van der Waals surface area contributed by atoms with Crippen molar-refractivity contribution in [2.24, 2.45) is 35.5 Å². The molecule has 540 valence electrons. The van der Waals surface area contributed by atoms with Gasteiger partial charge in [0.05, 0.1) is 62.1 Å². The first kappa shape index (κ1) is 74.5. The fourth-order valence-corrected chi connectivity index (χ4v) is 14.9. The summed E-state index contributed by atoms with van der Waals surface area (Å²) < 4.78 is 35.3. The zero-order valence-corrected chi connectivity index (χ0v) is 60.4. The number of esters is 4. The molecule has 4 fully saturated rings. The molecule has 21 heteroatoms. The molecule has 4 aliphatic heterocycles. The first-order valence-electron chi connectivity index (χ1n) is 36.1. The topological polar surface area (TPSA) is 241 Å². The van der Waals surface area contributed by atoms with Crippen LogP contribution in [0.15, 0.2) is 133 Å². The van der Waals surface area contributed by atoms with Crippen LogP contribution in [0.25, 0.3) is 21.5 Å². The minimum Gasteiger partial charge on any atom is -0.466 e. The van der Waals surface area contributed by atoms with Crippen molar-refractivity contribution in [2.45, 2.75) is 183 Å². The fourth-order valence-electron chi connectivity index (χ4n) is 14.9. The number of ether oxygens (including phenoxy) is 6. The van der Waals surface area contributed by atoms with E-state index in [0.717, 1.165) is 55.2 Å². The highest BCUT2D eigenvalue weighted by Gasteiger charge is 2.55. The molecule has 4 saturated heterocycles. The number of rotatable bonds is 28. The maximum atomic E-state index is 15.1. The molecule has 0 aliphatic carbocycles. The molecule has 10 rings (SSSR count). The standard InChI is InChI=1S/C80H101N7O14/c1-13-96-67(88)43-53-29-33-57(34-30-53)84-41-39-59(45-84)86(51(11)61-27-19-23-55-21-15-17-25-63(55)61)79(94)100-77(49(7)8)98-75(92)71(47(3)4)82-73(90)69-65-37-38-66(81-65)70(69)74(91)83-72(48(5)6)76(93)99-78(50(9)10)101-80(95)87(52(12)62-28-20-24-56-22-16-18-26-64(56)62)60-40-42-85(46-60)58-35-31-54(32-36-58)44-68(89)97-14-2/h15-36,47-52,59-60,65-66,69-72,77-78,81H,13-14,37-46H2,1-12H3,(H,82,90)(H,83,91)/t51-,52-,59+,60+,65-,66+,69?,70-,71+,72-,77?,78?/m1/s1. The summed E-state index contributed by atoms with van der Waals surface area (Å²) in [5.74, 6) is -7.33. The molecule has 21 nitrogen and oxygen atoms in total. The molecule has 0 saturated carbocycles. The molecule has 4 heterocycles. The Labute approximate surface area is 593 Å². The average Bonchev–Trinajstić information content (AvgIpc) is 1.66. The third kappa shape index (κ3) is 17.6. The summed E-state index contributed by atoms with van der Waals surface area (Å²) in [5, 5.41) is 13.3. The van der Waals surface area contributed by atoms with Gasteiger partial charge in [-0.15, -0.1) is 0 Å². The normalized spacial score (nSPS) is 20.5. The van der Waals surface area contributed by atoms with Crippen LogP contribution in [-0.2, 0) is 70.0 Å². The van der Waals surface area contributed by atoms with E-state index in [-0.39, 0.29) is 36.9 Å². The second-order valence-corrected chi connectivity index (χ2v) is 28.7. The molecule has 6 aromatic rings. The first-order valence-corrected chi connectivity index (χ1v) is 36.1. The molecule has 4 amide bonds. The van der Waals surface area contributed by atoms with Crippen molar-refractivity contribution in [3.8, 4) is 0 Å². The van der Waals surface area contributed by atoms with Gasteiger partial charge < -0.3 is 54.2 Å². The van der Waals surface area contributed by atoms with E-state index in [1.165, 1.54) is 0 Å². The molecule has 0 radical (unpaired) electrons. The van der Waals surface area contributed by atoms with E-state index in [4.69, 9.17) is 28.4 Å². The van der Waals surface area contributed by atoms with E-state index in [2.05, 4.69) is 25.8 Å². The van der Waals surface area contributed by atoms with Crippen molar-refractivity contribution in [1.29, 1.82) is 0 Å². The number of nitrogens with zero attached hydrogens (tertiary/aromatic N) is 4. The quantitative estimate of drug-likeness (QED) is 0.0235. The van der Waals surface area contributed by atoms with Crippen molar-refractivity contribution in [2.75, 3.05) is 49.2 Å². The molecule has 6 aromatic carbocycles. The zero-order valence-electron chi connectivity index (χ0n) is 60.4. The molecule has 2 bridgehead atoms. The number of anilines is 2. The van der Waals surface area contributed by atoms with Crippen LogP contribution in [0.2, 0.25) is 0 Å². The summed E-state index contributed by atoms with van der Waals surface area (Å²) in [6.07, 6.45) is -1.40. The zero-order chi connectivity index (χ0) is 72.3. The lowest BCUT2D eigenvalue weighted by Gasteiger charge is -2.36. The molecular weight excluding hydrogens is 1280 g/mol. The second-order valence-electron chi connectivity index (χ2n) is 28.7. The van der Waals surface area contributed by atoms with Gasteiger partial charge in [0, 0.05) is 61.5 Å². The minimum atomic E-state index is -1.37. The molecule has 3 unspecified atom stereocenters. The number of nitrogens with one attached hydrogen (secondary N) is 3. The Bertz CT molecular complexity index is 3640. The van der Waals surface area contributed by atoms with Crippen LogP contribution in [0.4, 0.5) is 21.0 Å². The molecule has 4 aliphatic rings. The highest BCUT2D eigenvalue weighted by Crippen LogP contribution is 2.41. The molecular formula is C80H101N7O14. The molecule has 12 atom stereocenters. The van der Waals surface area contributed by atoms with E-state index < -0.39 is 120 Å². The number of fused-ring (bicyclic) bond motifs is 4. The Balaban J connectivity index is 0.809. The molecule has 3 N–H and O–H groups in total. The average molecular weight is 1380 g/mol. The fraction of sp³-hybridized carbons (Fsp3) is 0.500. The first-order chi connectivity index (χ1) is 48.4. The minimum absolute atomic E-state index is 0.159. The van der Waals surface area contributed by atoms with Crippen LogP contribution in [0, 0.1) is 35.5 Å². The van der Waals surface area contributed by atoms with Crippen LogP contribution in [0.3, 0.4) is 0 Å². The molecule has 0 spiro atoms. The van der Waals surface area contributed by atoms with Crippen molar-refractivity contribution >= 4 is 80.8 Å². The lowest BCUT2D eigenvalue weighted by atomic mass is 9.77. The number of hydrogen-bond acceptors (Lipinski definition) is 17. The van der Waals surface area contributed by atoms with Gasteiger partial charge >= 0.3 is 36.1 Å². The van der Waals surface area contributed by atoms with E-state index >= 15 is 9.59 Å². The Hall–Kier alpha value is -9.24. The van der Waals surface area contributed by atoms with Gasteiger partial charge in [-0.25, -0.2) is 19.2 Å². The predicted octanol–water partition coefficient (Wildman–Crippen LogP) is 12.2. The van der Waals surface area contributed by atoms with Gasteiger partial charge in [0.25, 0.3) is 12.6 Å². The Morgan fingerprint density at radius 3 is 1.18 bits per heavy atom. The molecule has 0 aromatic heterocycles. The third-order valence-corrected chi connectivity index (χ3v) is 20.3. The SMILES string of the molecule is CCOC(=O)Cc1ccc(N2CC[C@H](N(C(=O)OC(OC(=O)[C@@H](NC(=O)C3[C@H]4CC[C@H](N4)[C@H]3C(=O)N[C@@H](C(=O)OC(OC(=O)N([C@H]3CCN(c4ccc(CC(=O)OCC)cc4)C3)[C@H](C)c3cccc4ccccc34)C(C)C)C(C)C)C(C)C)C(C)C)[C@H](C)c3cccc4ccccc34)C2)cc1. The van der Waals surface area contributed by atoms with Crippen LogP contribution in [0.1, 0.15) is 143 Å². The highest BCUT2D eigenvalue weighted by molar-refractivity contribution is 5.94. The van der Waals surface area contributed by atoms with Crippen LogP contribution < -0.4 is 25.8 Å². The van der Waals surface area contributed by atoms with E-state index in [0.29, 0.717) is 65.1 Å². The number of benzene rings is 6. The van der Waals surface area contributed by atoms with Gasteiger partial charge in [-0.05, 0) is 133 Å². The maximum absolute atomic E-state index is 15.1. The van der Waals surface area contributed by atoms with Gasteiger partial charge in [-0.1, -0.05) is 165 Å². The molecule has 101 heavy (non-hydrogen) atoms. The van der Waals surface area contributed by atoms with Gasteiger partial charge in [0.15, 0.2) is 0 Å². The number of carbonyl (C=O) groups excluding carboxylic acids is 8. The summed E-state index contributed by atoms with van der Waals surface area (Å²) >= 11 is 0. The number of carbonyl (C=O) groups is 8. The van der Waals surface area contributed by atoms with E-state index in [1.807, 2.05) is 147 Å². The number of amides is 4. The summed E-state index contributed by atoms with van der Waals surface area (Å²) in [5.41, 5.74) is 5.35. The van der Waals surface area contributed by atoms with Crippen LogP contribution >= 0.6 is 0 Å². The lowest BCUT2D eigenvalue weighted by molar-refractivity contribution is -0.183. The summed E-state index contributed by atoms with van der Waals surface area (Å²) in [4.78, 5) is 122. The summed E-state index contributed by atoms with van der Waals surface area (Å²) in [7, 11) is 0. The Morgan fingerprint density at radius 1 is 0.455 bits per heavy atom. The van der Waals surface area contributed by atoms with Gasteiger partial charge in [-0.2, -0.15) is 0 Å². The third-order valence-electron chi connectivity index (χ3n) is 20.3. The largest absolute Gasteiger partial charge is 0.466 e. The van der Waals surface area contributed by atoms with Crippen molar-refractivity contribution in [1.82, 2.24) is 25.8 Å². The van der Waals surface area contributed by atoms with Crippen LogP contribution in [0.5, 0.6) is 0 Å². The Kier molecular flexibility index (Phi) is 24.7. The monoisotopic (exact) mass is 1380 g/mol. The van der Waals surface area contributed by atoms with Gasteiger partial charge in [0.2, 0.25) is 11.8 Å². The summed E-state index contributed by atoms with van der Waals surface area (Å²) in [6.45, 7) is 24.5. The summed E-state index contributed by atoms with van der Waals surface area (Å²) in [6, 6.07) is 38.5. The predicted molar refractivity (Wildman–Crippen MR) is 386 cm³/mol. The smallest absolute Gasteiger partial charge is 0.413 e.